The molecule has 0 saturated heterocycles. The van der Waals surface area contributed by atoms with Crippen molar-refractivity contribution in [2.75, 3.05) is 4.72 Å². The Kier molecular flexibility index (Phi) is 4.91. The lowest BCUT2D eigenvalue weighted by molar-refractivity contribution is 0.601. The molecule has 0 aromatic heterocycles. The number of anilines is 1. The van der Waals surface area contributed by atoms with Gasteiger partial charge in [-0.15, -0.1) is 0 Å². The van der Waals surface area contributed by atoms with E-state index in [0.29, 0.717) is 16.5 Å². The molecular formula is C18H23NO2S. The first-order chi connectivity index (χ1) is 10.3. The molecule has 22 heavy (non-hydrogen) atoms. The summed E-state index contributed by atoms with van der Waals surface area (Å²) in [6.07, 6.45) is 0.949. The molecule has 118 valence electrons. The van der Waals surface area contributed by atoms with Crippen molar-refractivity contribution in [3.8, 4) is 0 Å². The SMILES string of the molecule is Cc1cccc(C)c1NS(=O)(=O)c1ccc(CC(C)C)cc1. The Morgan fingerprint density at radius 3 is 2.00 bits per heavy atom. The topological polar surface area (TPSA) is 46.2 Å². The van der Waals surface area contributed by atoms with E-state index in [1.807, 2.05) is 44.2 Å². The van der Waals surface area contributed by atoms with Crippen LogP contribution >= 0.6 is 0 Å². The van der Waals surface area contributed by atoms with Crippen LogP contribution in [-0.4, -0.2) is 8.42 Å². The molecule has 2 aromatic rings. The molecule has 2 rings (SSSR count). The molecular weight excluding hydrogens is 294 g/mol. The van der Waals surface area contributed by atoms with Crippen molar-refractivity contribution in [3.05, 3.63) is 59.2 Å². The Morgan fingerprint density at radius 1 is 0.955 bits per heavy atom. The first-order valence-electron chi connectivity index (χ1n) is 7.47. The highest BCUT2D eigenvalue weighted by molar-refractivity contribution is 7.92. The summed E-state index contributed by atoms with van der Waals surface area (Å²) in [5, 5.41) is 0. The van der Waals surface area contributed by atoms with Gasteiger partial charge in [0.2, 0.25) is 0 Å². The van der Waals surface area contributed by atoms with E-state index in [4.69, 9.17) is 0 Å². The first kappa shape index (κ1) is 16.6. The van der Waals surface area contributed by atoms with Gasteiger partial charge < -0.3 is 0 Å². The van der Waals surface area contributed by atoms with E-state index in [1.54, 1.807) is 12.1 Å². The van der Waals surface area contributed by atoms with Crippen LogP contribution in [0, 0.1) is 19.8 Å². The van der Waals surface area contributed by atoms with Crippen LogP contribution in [0.15, 0.2) is 47.4 Å². The minimum absolute atomic E-state index is 0.294. The molecule has 0 atom stereocenters. The van der Waals surface area contributed by atoms with Crippen molar-refractivity contribution in [3.63, 3.8) is 0 Å². The predicted octanol–water partition coefficient (Wildman–Crippen LogP) is 4.30. The van der Waals surface area contributed by atoms with Crippen molar-refractivity contribution in [1.29, 1.82) is 0 Å². The third-order valence-corrected chi connectivity index (χ3v) is 4.96. The fraction of sp³-hybridized carbons (Fsp3) is 0.333. The zero-order valence-electron chi connectivity index (χ0n) is 13.6. The van der Waals surface area contributed by atoms with Crippen LogP contribution < -0.4 is 4.72 Å². The number of nitrogens with one attached hydrogen (secondary N) is 1. The van der Waals surface area contributed by atoms with Gasteiger partial charge >= 0.3 is 0 Å². The molecule has 3 nitrogen and oxygen atoms in total. The van der Waals surface area contributed by atoms with Gasteiger partial charge in [-0.2, -0.15) is 0 Å². The van der Waals surface area contributed by atoms with Gasteiger partial charge in [-0.25, -0.2) is 8.42 Å². The number of hydrogen-bond acceptors (Lipinski definition) is 2. The summed E-state index contributed by atoms with van der Waals surface area (Å²) >= 11 is 0. The summed E-state index contributed by atoms with van der Waals surface area (Å²) < 4.78 is 27.8. The minimum atomic E-state index is -3.55. The van der Waals surface area contributed by atoms with Crippen molar-refractivity contribution in [2.24, 2.45) is 5.92 Å². The molecule has 0 aliphatic carbocycles. The number of sulfonamides is 1. The van der Waals surface area contributed by atoms with Crippen molar-refractivity contribution >= 4 is 15.7 Å². The third kappa shape index (κ3) is 3.89. The Bertz CT molecular complexity index is 727. The molecule has 1 N–H and O–H groups in total. The molecule has 0 radical (unpaired) electrons. The van der Waals surface area contributed by atoms with Crippen LogP contribution in [0.2, 0.25) is 0 Å². The maximum atomic E-state index is 12.5. The number of rotatable bonds is 5. The quantitative estimate of drug-likeness (QED) is 0.893. The summed E-state index contributed by atoms with van der Waals surface area (Å²) in [6.45, 7) is 8.09. The van der Waals surface area contributed by atoms with Crippen LogP contribution in [0.3, 0.4) is 0 Å². The first-order valence-corrected chi connectivity index (χ1v) is 8.96. The number of aryl methyl sites for hydroxylation is 2. The van der Waals surface area contributed by atoms with Gasteiger partial charge in [-0.05, 0) is 55.0 Å². The highest BCUT2D eigenvalue weighted by Crippen LogP contribution is 2.23. The monoisotopic (exact) mass is 317 g/mol. The van der Waals surface area contributed by atoms with Gasteiger partial charge in [0.05, 0.1) is 10.6 Å². The van der Waals surface area contributed by atoms with Crippen LogP contribution in [0.5, 0.6) is 0 Å². The second-order valence-electron chi connectivity index (χ2n) is 6.11. The molecule has 4 heteroatoms. The largest absolute Gasteiger partial charge is 0.279 e. The second kappa shape index (κ2) is 6.53. The van der Waals surface area contributed by atoms with E-state index >= 15 is 0 Å². The maximum absolute atomic E-state index is 12.5. The average Bonchev–Trinajstić information content (AvgIpc) is 2.43. The zero-order valence-corrected chi connectivity index (χ0v) is 14.4. The predicted molar refractivity (Wildman–Crippen MR) is 91.7 cm³/mol. The van der Waals surface area contributed by atoms with E-state index in [1.165, 1.54) is 0 Å². The van der Waals surface area contributed by atoms with Crippen molar-refractivity contribution < 1.29 is 8.42 Å². The highest BCUT2D eigenvalue weighted by atomic mass is 32.2. The number of para-hydroxylation sites is 1. The lowest BCUT2D eigenvalue weighted by Crippen LogP contribution is -2.14. The van der Waals surface area contributed by atoms with Gasteiger partial charge in [-0.3, -0.25) is 4.72 Å². The van der Waals surface area contributed by atoms with E-state index in [2.05, 4.69) is 18.6 Å². The van der Waals surface area contributed by atoms with Crippen LogP contribution in [0.1, 0.15) is 30.5 Å². The summed E-state index contributed by atoms with van der Waals surface area (Å²) in [4.78, 5) is 0.294. The van der Waals surface area contributed by atoms with Crippen molar-refractivity contribution in [2.45, 2.75) is 39.0 Å². The normalized spacial score (nSPS) is 11.7. The second-order valence-corrected chi connectivity index (χ2v) is 7.80. The van der Waals surface area contributed by atoms with E-state index in [9.17, 15) is 8.42 Å². The average molecular weight is 317 g/mol. The van der Waals surface area contributed by atoms with Crippen LogP contribution in [0.4, 0.5) is 5.69 Å². The highest BCUT2D eigenvalue weighted by Gasteiger charge is 2.16. The lowest BCUT2D eigenvalue weighted by atomic mass is 10.0. The Morgan fingerprint density at radius 2 is 1.50 bits per heavy atom. The van der Waals surface area contributed by atoms with Gasteiger partial charge in [0.15, 0.2) is 0 Å². The van der Waals surface area contributed by atoms with Gasteiger partial charge in [0, 0.05) is 0 Å². The number of benzene rings is 2. The Balaban J connectivity index is 2.27. The van der Waals surface area contributed by atoms with Gasteiger partial charge in [0.1, 0.15) is 0 Å². The smallest absolute Gasteiger partial charge is 0.261 e. The van der Waals surface area contributed by atoms with Crippen LogP contribution in [-0.2, 0) is 16.4 Å². The molecule has 0 saturated carbocycles. The molecule has 0 fully saturated rings. The molecule has 0 bridgehead atoms. The van der Waals surface area contributed by atoms with E-state index in [0.717, 1.165) is 23.1 Å². The van der Waals surface area contributed by atoms with Crippen LogP contribution in [0.25, 0.3) is 0 Å². The van der Waals surface area contributed by atoms with E-state index in [-0.39, 0.29) is 0 Å². The number of hydrogen-bond donors (Lipinski definition) is 1. The lowest BCUT2D eigenvalue weighted by Gasteiger charge is -2.13. The summed E-state index contributed by atoms with van der Waals surface area (Å²) in [5.74, 6) is 0.551. The molecule has 0 aliphatic heterocycles. The standard InChI is InChI=1S/C18H23NO2S/c1-13(2)12-16-8-10-17(11-9-16)22(20,21)19-18-14(3)6-5-7-15(18)4/h5-11,13,19H,12H2,1-4H3. The summed E-state index contributed by atoms with van der Waals surface area (Å²) in [7, 11) is -3.55. The fourth-order valence-electron chi connectivity index (χ4n) is 2.44. The third-order valence-electron chi connectivity index (χ3n) is 3.60. The Labute approximate surface area is 133 Å². The molecule has 0 amide bonds. The van der Waals surface area contributed by atoms with Gasteiger partial charge in [0.25, 0.3) is 10.0 Å². The van der Waals surface area contributed by atoms with Gasteiger partial charge in [-0.1, -0.05) is 44.2 Å². The van der Waals surface area contributed by atoms with Crippen molar-refractivity contribution in [1.82, 2.24) is 0 Å². The zero-order chi connectivity index (χ0) is 16.3. The summed E-state index contributed by atoms with van der Waals surface area (Å²) in [5.41, 5.74) is 3.65. The summed E-state index contributed by atoms with van der Waals surface area (Å²) in [6, 6.07) is 12.8. The molecule has 0 unspecified atom stereocenters. The Hall–Kier alpha value is -1.81. The van der Waals surface area contributed by atoms with E-state index < -0.39 is 10.0 Å². The fourth-order valence-corrected chi connectivity index (χ4v) is 3.65. The minimum Gasteiger partial charge on any atom is -0.279 e. The molecule has 0 aliphatic rings. The molecule has 2 aromatic carbocycles. The maximum Gasteiger partial charge on any atom is 0.261 e. The molecule has 0 spiro atoms. The molecule has 0 heterocycles.